The Bertz CT molecular complexity index is 229. The van der Waals surface area contributed by atoms with Crippen LogP contribution in [0.2, 0.25) is 0 Å². The lowest BCUT2D eigenvalue weighted by Crippen LogP contribution is -2.62. The van der Waals surface area contributed by atoms with Crippen LogP contribution in [-0.2, 0) is 0 Å². The highest BCUT2D eigenvalue weighted by Gasteiger charge is 2.80. The van der Waals surface area contributed by atoms with Crippen molar-refractivity contribution in [1.82, 2.24) is 0 Å². The first-order valence-electron chi connectivity index (χ1n) is 3.11. The van der Waals surface area contributed by atoms with Gasteiger partial charge in [0.05, 0.1) is 0 Å². The van der Waals surface area contributed by atoms with Gasteiger partial charge >= 0.3 is 23.9 Å². The molecule has 92 valence electrons. The molecule has 0 aliphatic rings. The van der Waals surface area contributed by atoms with Gasteiger partial charge in [-0.25, -0.2) is 4.39 Å². The van der Waals surface area contributed by atoms with E-state index in [1.807, 2.05) is 0 Å². The molecule has 0 bridgehead atoms. The van der Waals surface area contributed by atoms with Crippen LogP contribution in [0.4, 0.5) is 39.5 Å². The van der Waals surface area contributed by atoms with Crippen molar-refractivity contribution < 1.29 is 44.6 Å². The van der Waals surface area contributed by atoms with Crippen molar-refractivity contribution >= 4 is 0 Å². The normalized spacial score (nSPS) is 15.6. The molecule has 0 saturated carbocycles. The average Bonchev–Trinajstić information content (AvgIpc) is 2.01. The van der Waals surface area contributed by atoms with Gasteiger partial charge in [0.15, 0.2) is 6.67 Å². The molecule has 0 aliphatic carbocycles. The van der Waals surface area contributed by atoms with E-state index in [1.165, 1.54) is 0 Å². The predicted molar refractivity (Wildman–Crippen MR) is 28.0 cm³/mol. The molecule has 0 spiro atoms. The fourth-order valence-corrected chi connectivity index (χ4v) is 0.502. The minimum atomic E-state index is -6.78. The Morgan fingerprint density at radius 1 is 0.733 bits per heavy atom. The molecule has 0 amide bonds. The second-order valence-electron chi connectivity index (χ2n) is 2.53. The Morgan fingerprint density at radius 2 is 1.07 bits per heavy atom. The van der Waals surface area contributed by atoms with Crippen molar-refractivity contribution in [2.24, 2.45) is 0 Å². The van der Waals surface area contributed by atoms with E-state index in [-0.39, 0.29) is 0 Å². The quantitative estimate of drug-likeness (QED) is 0.760. The van der Waals surface area contributed by atoms with Gasteiger partial charge in [-0.1, -0.05) is 0 Å². The topological polar surface area (TPSA) is 20.2 Å². The molecular weight excluding hydrogens is 247 g/mol. The smallest absolute Gasteiger partial charge is 0.331 e. The molecule has 0 atom stereocenters. The van der Waals surface area contributed by atoms with E-state index < -0.39 is 30.6 Å². The first-order chi connectivity index (χ1) is 6.31. The molecule has 1 nitrogen and oxygen atoms in total. The lowest BCUT2D eigenvalue weighted by Gasteiger charge is -2.33. The molecule has 0 aromatic carbocycles. The van der Waals surface area contributed by atoms with Gasteiger partial charge in [0.2, 0.25) is 0 Å². The zero-order valence-corrected chi connectivity index (χ0v) is 6.56. The largest absolute Gasteiger partial charge is 0.423 e. The van der Waals surface area contributed by atoms with Crippen LogP contribution in [-0.4, -0.2) is 35.7 Å². The number of hydrogen-bond acceptors (Lipinski definition) is 1. The van der Waals surface area contributed by atoms with Gasteiger partial charge in [-0.05, 0) is 0 Å². The minimum absolute atomic E-state index is 3.27. The Labute approximate surface area is 76.5 Å². The summed E-state index contributed by atoms with van der Waals surface area (Å²) in [7, 11) is 0. The summed E-state index contributed by atoms with van der Waals surface area (Å²) >= 11 is 0. The molecule has 0 unspecified atom stereocenters. The van der Waals surface area contributed by atoms with Crippen LogP contribution in [0, 0.1) is 0 Å². The number of halogens is 9. The van der Waals surface area contributed by atoms with Crippen molar-refractivity contribution in [2.75, 3.05) is 6.67 Å². The highest BCUT2D eigenvalue weighted by molar-refractivity contribution is 4.99. The number of hydrogen-bond donors (Lipinski definition) is 1. The maximum atomic E-state index is 12.1. The standard InChI is InChI=1S/C5H3F9O/c6-1-2(7,8)3(9,10)4(11,12)5(13,14)15/h15H,1H2. The molecular formula is C5H3F9O. The van der Waals surface area contributed by atoms with Crippen LogP contribution in [0.1, 0.15) is 0 Å². The van der Waals surface area contributed by atoms with E-state index in [4.69, 9.17) is 5.11 Å². The molecule has 0 aromatic heterocycles. The molecule has 10 heteroatoms. The van der Waals surface area contributed by atoms with E-state index >= 15 is 0 Å². The third kappa shape index (κ3) is 1.99. The lowest BCUT2D eigenvalue weighted by atomic mass is 10.0. The van der Waals surface area contributed by atoms with Crippen LogP contribution in [0.5, 0.6) is 0 Å². The van der Waals surface area contributed by atoms with Gasteiger partial charge in [-0.2, -0.15) is 35.1 Å². The summed E-state index contributed by atoms with van der Waals surface area (Å²) in [6, 6.07) is 0. The van der Waals surface area contributed by atoms with Crippen molar-refractivity contribution in [1.29, 1.82) is 0 Å². The number of aliphatic hydroxyl groups is 1. The highest BCUT2D eigenvalue weighted by Crippen LogP contribution is 2.51. The van der Waals surface area contributed by atoms with Crippen LogP contribution in [0.25, 0.3) is 0 Å². The number of alkyl halides is 9. The molecule has 0 aromatic rings. The summed E-state index contributed by atoms with van der Waals surface area (Å²) in [5.41, 5.74) is 0. The monoisotopic (exact) mass is 250 g/mol. The maximum absolute atomic E-state index is 12.1. The van der Waals surface area contributed by atoms with Gasteiger partial charge in [-0.15, -0.1) is 0 Å². The molecule has 0 rings (SSSR count). The van der Waals surface area contributed by atoms with Gasteiger partial charge in [0.25, 0.3) is 0 Å². The summed E-state index contributed by atoms with van der Waals surface area (Å²) in [4.78, 5) is 0. The van der Waals surface area contributed by atoms with Gasteiger partial charge in [-0.3, -0.25) is 0 Å². The van der Waals surface area contributed by atoms with Crippen molar-refractivity contribution in [3.05, 3.63) is 0 Å². The molecule has 15 heavy (non-hydrogen) atoms. The van der Waals surface area contributed by atoms with Crippen molar-refractivity contribution in [3.63, 3.8) is 0 Å². The van der Waals surface area contributed by atoms with Gasteiger partial charge in [0.1, 0.15) is 0 Å². The average molecular weight is 250 g/mol. The van der Waals surface area contributed by atoms with Crippen molar-refractivity contribution in [2.45, 2.75) is 23.9 Å². The summed E-state index contributed by atoms with van der Waals surface area (Å²) < 4.78 is 106. The molecule has 0 saturated heterocycles. The lowest BCUT2D eigenvalue weighted by molar-refractivity contribution is -0.417. The Morgan fingerprint density at radius 3 is 1.27 bits per heavy atom. The van der Waals surface area contributed by atoms with E-state index in [2.05, 4.69) is 0 Å². The molecule has 0 fully saturated rings. The number of rotatable bonds is 4. The summed E-state index contributed by atoms with van der Waals surface area (Å²) in [6.45, 7) is -3.27. The predicted octanol–water partition coefficient (Wildman–Crippen LogP) is 2.45. The van der Waals surface area contributed by atoms with Crippen molar-refractivity contribution in [3.8, 4) is 0 Å². The highest BCUT2D eigenvalue weighted by atomic mass is 19.4. The summed E-state index contributed by atoms with van der Waals surface area (Å²) in [6.07, 6.45) is -6.39. The van der Waals surface area contributed by atoms with Crippen LogP contribution in [0.15, 0.2) is 0 Å². The first-order valence-corrected chi connectivity index (χ1v) is 3.11. The van der Waals surface area contributed by atoms with E-state index in [1.54, 1.807) is 0 Å². The Kier molecular flexibility index (Phi) is 3.27. The summed E-state index contributed by atoms with van der Waals surface area (Å²) in [5, 5.41) is 7.32. The van der Waals surface area contributed by atoms with Gasteiger partial charge < -0.3 is 5.11 Å². The second kappa shape index (κ2) is 3.42. The Hall–Kier alpha value is -0.670. The van der Waals surface area contributed by atoms with E-state index in [0.717, 1.165) is 0 Å². The third-order valence-electron chi connectivity index (χ3n) is 1.40. The fraction of sp³-hybridized carbons (Fsp3) is 1.00. The maximum Gasteiger partial charge on any atom is 0.423 e. The van der Waals surface area contributed by atoms with Crippen LogP contribution < -0.4 is 0 Å². The zero-order chi connectivity index (χ0) is 12.7. The third-order valence-corrected chi connectivity index (χ3v) is 1.40. The van der Waals surface area contributed by atoms with E-state index in [9.17, 15) is 39.5 Å². The first kappa shape index (κ1) is 14.3. The molecule has 0 aliphatic heterocycles. The fourth-order valence-electron chi connectivity index (χ4n) is 0.502. The van der Waals surface area contributed by atoms with Crippen LogP contribution in [0.3, 0.4) is 0 Å². The molecule has 1 N–H and O–H groups in total. The molecule has 0 radical (unpaired) electrons. The minimum Gasteiger partial charge on any atom is -0.331 e. The Balaban J connectivity index is 5.38. The van der Waals surface area contributed by atoms with E-state index in [0.29, 0.717) is 0 Å². The SMILES string of the molecule is OC(F)(F)C(F)(F)C(F)(F)C(F)(F)CF. The van der Waals surface area contributed by atoms with Gasteiger partial charge in [0, 0.05) is 0 Å². The summed E-state index contributed by atoms with van der Waals surface area (Å²) in [5.74, 6) is -19.5. The molecule has 0 heterocycles. The van der Waals surface area contributed by atoms with Crippen LogP contribution >= 0.6 is 0 Å². The second-order valence-corrected chi connectivity index (χ2v) is 2.53. The zero-order valence-electron chi connectivity index (χ0n) is 6.56.